The number of rotatable bonds is 4. The molecule has 0 aromatic heterocycles. The molecule has 0 amide bonds. The van der Waals surface area contributed by atoms with Crippen molar-refractivity contribution in [1.82, 2.24) is 0 Å². The number of anilines is 1. The average molecular weight is 277 g/mol. The van der Waals surface area contributed by atoms with Crippen molar-refractivity contribution in [3.63, 3.8) is 0 Å². The molecular formula is C16H23NO3. The molecule has 20 heavy (non-hydrogen) atoms. The number of carbonyl (C=O) groups is 1. The lowest BCUT2D eigenvalue weighted by Gasteiger charge is -2.28. The first-order valence-electron chi connectivity index (χ1n) is 7.29. The number of hydrogen-bond donors (Lipinski definition) is 1. The van der Waals surface area contributed by atoms with Gasteiger partial charge in [-0.05, 0) is 37.3 Å². The van der Waals surface area contributed by atoms with E-state index in [1.165, 1.54) is 13.5 Å². The van der Waals surface area contributed by atoms with Crippen LogP contribution in [0.25, 0.3) is 0 Å². The summed E-state index contributed by atoms with van der Waals surface area (Å²) < 4.78 is 10.8. The molecule has 2 unspecified atom stereocenters. The number of para-hydroxylation sites is 1. The molecule has 2 atom stereocenters. The summed E-state index contributed by atoms with van der Waals surface area (Å²) in [6.07, 6.45) is 5.46. The van der Waals surface area contributed by atoms with E-state index < -0.39 is 0 Å². The Kier molecular flexibility index (Phi) is 4.88. The Hall–Kier alpha value is -1.71. The van der Waals surface area contributed by atoms with E-state index >= 15 is 0 Å². The average Bonchev–Trinajstić information content (AvgIpc) is 2.47. The van der Waals surface area contributed by atoms with Crippen molar-refractivity contribution >= 4 is 11.7 Å². The zero-order valence-corrected chi connectivity index (χ0v) is 12.2. The number of esters is 1. The second-order valence-corrected chi connectivity index (χ2v) is 5.40. The maximum absolute atomic E-state index is 12.3. The van der Waals surface area contributed by atoms with Gasteiger partial charge in [-0.2, -0.15) is 0 Å². The van der Waals surface area contributed by atoms with Crippen LogP contribution in [-0.2, 0) is 4.74 Å². The summed E-state index contributed by atoms with van der Waals surface area (Å²) in [5, 5.41) is 0. The fraction of sp³-hybridized carbons (Fsp3) is 0.562. The van der Waals surface area contributed by atoms with E-state index in [9.17, 15) is 4.79 Å². The summed E-state index contributed by atoms with van der Waals surface area (Å²) in [7, 11) is 1.51. The molecule has 110 valence electrons. The fourth-order valence-electron chi connectivity index (χ4n) is 2.88. The molecule has 0 spiro atoms. The van der Waals surface area contributed by atoms with Crippen LogP contribution < -0.4 is 10.5 Å². The zero-order valence-electron chi connectivity index (χ0n) is 12.2. The highest BCUT2D eigenvalue weighted by molar-refractivity contribution is 5.94. The maximum Gasteiger partial charge on any atom is 0.342 e. The second-order valence-electron chi connectivity index (χ2n) is 5.40. The summed E-state index contributed by atoms with van der Waals surface area (Å²) in [5.41, 5.74) is 6.68. The predicted octanol–water partition coefficient (Wildman–Crippen LogP) is 3.40. The van der Waals surface area contributed by atoms with Gasteiger partial charge in [0.15, 0.2) is 5.75 Å². The Morgan fingerprint density at radius 1 is 1.40 bits per heavy atom. The number of nitrogen functional groups attached to an aromatic ring is 1. The van der Waals surface area contributed by atoms with Gasteiger partial charge in [0, 0.05) is 0 Å². The molecule has 4 nitrogen and oxygen atoms in total. The Balaban J connectivity index is 2.07. The summed E-state index contributed by atoms with van der Waals surface area (Å²) >= 11 is 0. The van der Waals surface area contributed by atoms with Gasteiger partial charge < -0.3 is 15.2 Å². The number of nitrogens with two attached hydrogens (primary N) is 1. The molecular weight excluding hydrogens is 254 g/mol. The monoisotopic (exact) mass is 277 g/mol. The smallest absolute Gasteiger partial charge is 0.342 e. The molecule has 1 aromatic carbocycles. The van der Waals surface area contributed by atoms with Crippen LogP contribution >= 0.6 is 0 Å². The van der Waals surface area contributed by atoms with Crippen molar-refractivity contribution in [3.05, 3.63) is 23.8 Å². The molecule has 0 radical (unpaired) electrons. The van der Waals surface area contributed by atoms with Gasteiger partial charge >= 0.3 is 5.97 Å². The summed E-state index contributed by atoms with van der Waals surface area (Å²) in [6, 6.07) is 5.14. The third kappa shape index (κ3) is 3.24. The minimum atomic E-state index is -0.337. The highest BCUT2D eigenvalue weighted by Gasteiger charge is 2.25. The number of ether oxygens (including phenoxy) is 2. The molecule has 2 rings (SSSR count). The van der Waals surface area contributed by atoms with Gasteiger partial charge in [0.05, 0.1) is 12.8 Å². The standard InChI is InChI=1S/C16H23NO3/c1-3-11-6-4-7-12(10-11)20-16(18)13-8-5-9-14(17)15(13)19-2/h5,8-9,11-12H,3-4,6-7,10,17H2,1-2H3. The lowest BCUT2D eigenvalue weighted by Crippen LogP contribution is -2.25. The van der Waals surface area contributed by atoms with E-state index in [0.29, 0.717) is 22.9 Å². The predicted molar refractivity (Wildman–Crippen MR) is 78.9 cm³/mol. The summed E-state index contributed by atoms with van der Waals surface area (Å²) in [6.45, 7) is 2.19. The molecule has 1 aliphatic rings. The molecule has 0 aliphatic heterocycles. The van der Waals surface area contributed by atoms with E-state index in [0.717, 1.165) is 25.7 Å². The third-order valence-corrected chi connectivity index (χ3v) is 4.06. The van der Waals surface area contributed by atoms with E-state index in [1.807, 2.05) is 0 Å². The lowest BCUT2D eigenvalue weighted by atomic mass is 9.85. The van der Waals surface area contributed by atoms with Gasteiger partial charge in [0.25, 0.3) is 0 Å². The Bertz CT molecular complexity index is 473. The fourth-order valence-corrected chi connectivity index (χ4v) is 2.88. The van der Waals surface area contributed by atoms with Gasteiger partial charge in [-0.15, -0.1) is 0 Å². The summed E-state index contributed by atoms with van der Waals surface area (Å²) in [5.74, 6) is 0.737. The van der Waals surface area contributed by atoms with Crippen molar-refractivity contribution in [2.24, 2.45) is 5.92 Å². The van der Waals surface area contributed by atoms with E-state index in [1.54, 1.807) is 18.2 Å². The molecule has 0 heterocycles. The Morgan fingerprint density at radius 3 is 2.90 bits per heavy atom. The first kappa shape index (κ1) is 14.7. The Morgan fingerprint density at radius 2 is 2.20 bits per heavy atom. The van der Waals surface area contributed by atoms with Gasteiger partial charge in [-0.1, -0.05) is 25.8 Å². The normalized spacial score (nSPS) is 22.3. The topological polar surface area (TPSA) is 61.5 Å². The molecule has 1 aliphatic carbocycles. The molecule has 1 aromatic rings. The van der Waals surface area contributed by atoms with Gasteiger partial charge in [0.1, 0.15) is 11.7 Å². The second kappa shape index (κ2) is 6.64. The molecule has 4 heteroatoms. The summed E-state index contributed by atoms with van der Waals surface area (Å²) in [4.78, 5) is 12.3. The van der Waals surface area contributed by atoms with Crippen molar-refractivity contribution in [3.8, 4) is 5.75 Å². The van der Waals surface area contributed by atoms with Crippen molar-refractivity contribution in [1.29, 1.82) is 0 Å². The van der Waals surface area contributed by atoms with Crippen molar-refractivity contribution in [2.75, 3.05) is 12.8 Å². The number of carbonyl (C=O) groups excluding carboxylic acids is 1. The van der Waals surface area contributed by atoms with Crippen molar-refractivity contribution < 1.29 is 14.3 Å². The molecule has 1 saturated carbocycles. The molecule has 1 fully saturated rings. The quantitative estimate of drug-likeness (QED) is 0.676. The van der Waals surface area contributed by atoms with Crippen LogP contribution in [0.15, 0.2) is 18.2 Å². The minimum absolute atomic E-state index is 0.0207. The van der Waals surface area contributed by atoms with Crippen LogP contribution in [0.2, 0.25) is 0 Å². The maximum atomic E-state index is 12.3. The van der Waals surface area contributed by atoms with Crippen LogP contribution in [0.4, 0.5) is 5.69 Å². The van der Waals surface area contributed by atoms with Crippen LogP contribution in [0.3, 0.4) is 0 Å². The van der Waals surface area contributed by atoms with Crippen LogP contribution in [0.1, 0.15) is 49.4 Å². The molecule has 0 bridgehead atoms. The minimum Gasteiger partial charge on any atom is -0.494 e. The van der Waals surface area contributed by atoms with Gasteiger partial charge in [-0.25, -0.2) is 4.79 Å². The highest BCUT2D eigenvalue weighted by Crippen LogP contribution is 2.31. The van der Waals surface area contributed by atoms with Gasteiger partial charge in [-0.3, -0.25) is 0 Å². The van der Waals surface area contributed by atoms with Crippen LogP contribution in [-0.4, -0.2) is 19.2 Å². The van der Waals surface area contributed by atoms with E-state index in [-0.39, 0.29) is 12.1 Å². The third-order valence-electron chi connectivity index (χ3n) is 4.06. The zero-order chi connectivity index (χ0) is 14.5. The van der Waals surface area contributed by atoms with Crippen LogP contribution in [0.5, 0.6) is 5.75 Å². The lowest BCUT2D eigenvalue weighted by molar-refractivity contribution is 0.0137. The first-order chi connectivity index (χ1) is 9.65. The van der Waals surface area contributed by atoms with E-state index in [2.05, 4.69) is 6.92 Å². The first-order valence-corrected chi connectivity index (χ1v) is 7.29. The number of methoxy groups -OCH3 is 1. The Labute approximate surface area is 120 Å². The highest BCUT2D eigenvalue weighted by atomic mass is 16.5. The van der Waals surface area contributed by atoms with E-state index in [4.69, 9.17) is 15.2 Å². The molecule has 2 N–H and O–H groups in total. The van der Waals surface area contributed by atoms with Crippen molar-refractivity contribution in [2.45, 2.75) is 45.1 Å². The van der Waals surface area contributed by atoms with Crippen LogP contribution in [0, 0.1) is 5.92 Å². The number of benzene rings is 1. The number of hydrogen-bond acceptors (Lipinski definition) is 4. The van der Waals surface area contributed by atoms with Gasteiger partial charge in [0.2, 0.25) is 0 Å². The SMILES string of the molecule is CCC1CCCC(OC(=O)c2cccc(N)c2OC)C1. The molecule has 0 saturated heterocycles. The largest absolute Gasteiger partial charge is 0.494 e.